The normalized spacial score (nSPS) is 26.9. The number of amides is 3. The second kappa shape index (κ2) is 4.20. The standard InChI is InChI=1S/C15H13N3O2/c1-2-4-10-7-11-9(8-16)5-3-6-12(11)15(10)13(19)17-14(20)18-15/h2-3,5-6,10H,1,4,7H2,(H2,17,18,19,20). The van der Waals surface area contributed by atoms with Crippen LogP contribution in [0.2, 0.25) is 0 Å². The summed E-state index contributed by atoms with van der Waals surface area (Å²) in [6.07, 6.45) is 2.91. The largest absolute Gasteiger partial charge is 0.322 e. The van der Waals surface area contributed by atoms with Gasteiger partial charge in [0.1, 0.15) is 5.54 Å². The molecule has 0 bridgehead atoms. The van der Waals surface area contributed by atoms with Crippen LogP contribution in [0.5, 0.6) is 0 Å². The second-order valence-electron chi connectivity index (χ2n) is 5.09. The molecule has 2 unspecified atom stereocenters. The minimum Gasteiger partial charge on any atom is -0.319 e. The summed E-state index contributed by atoms with van der Waals surface area (Å²) >= 11 is 0. The molecule has 100 valence electrons. The first-order chi connectivity index (χ1) is 9.63. The van der Waals surface area contributed by atoms with Crippen molar-refractivity contribution in [2.24, 2.45) is 5.92 Å². The van der Waals surface area contributed by atoms with Crippen LogP contribution in [0.1, 0.15) is 23.1 Å². The molecule has 1 aromatic rings. The van der Waals surface area contributed by atoms with E-state index in [0.717, 1.165) is 11.1 Å². The Bertz CT molecular complexity index is 674. The average Bonchev–Trinajstić information content (AvgIpc) is 2.90. The number of nitrogens with zero attached hydrogens (tertiary/aromatic N) is 1. The molecular weight excluding hydrogens is 254 g/mol. The van der Waals surface area contributed by atoms with Gasteiger partial charge < -0.3 is 5.32 Å². The van der Waals surface area contributed by atoms with Crippen molar-refractivity contribution in [2.45, 2.75) is 18.4 Å². The molecule has 2 atom stereocenters. The fraction of sp³-hybridized carbons (Fsp3) is 0.267. The number of imide groups is 1. The number of urea groups is 1. The number of carbonyl (C=O) groups excluding carboxylic acids is 2. The molecule has 0 saturated carbocycles. The number of carbonyl (C=O) groups is 2. The van der Waals surface area contributed by atoms with E-state index in [9.17, 15) is 14.9 Å². The van der Waals surface area contributed by atoms with Crippen molar-refractivity contribution in [3.8, 4) is 6.07 Å². The van der Waals surface area contributed by atoms with Crippen LogP contribution in [0.3, 0.4) is 0 Å². The highest BCUT2D eigenvalue weighted by atomic mass is 16.2. The molecule has 0 radical (unpaired) electrons. The van der Waals surface area contributed by atoms with Crippen LogP contribution < -0.4 is 10.6 Å². The predicted octanol–water partition coefficient (Wildman–Crippen LogP) is 1.34. The van der Waals surface area contributed by atoms with E-state index in [1.807, 2.05) is 6.07 Å². The molecule has 1 saturated heterocycles. The highest BCUT2D eigenvalue weighted by molar-refractivity contribution is 6.08. The first-order valence-electron chi connectivity index (χ1n) is 6.40. The minimum absolute atomic E-state index is 0.115. The van der Waals surface area contributed by atoms with Gasteiger partial charge in [0.2, 0.25) is 0 Å². The SMILES string of the molecule is C=CCC1Cc2c(C#N)cccc2C12NC(=O)NC2=O. The Kier molecular flexibility index (Phi) is 2.61. The van der Waals surface area contributed by atoms with E-state index in [0.29, 0.717) is 18.4 Å². The summed E-state index contributed by atoms with van der Waals surface area (Å²) in [4.78, 5) is 23.9. The fourth-order valence-corrected chi connectivity index (χ4v) is 3.31. The Morgan fingerprint density at radius 1 is 1.50 bits per heavy atom. The summed E-state index contributed by atoms with van der Waals surface area (Å²) in [5, 5.41) is 14.3. The van der Waals surface area contributed by atoms with Crippen LogP contribution in [0.15, 0.2) is 30.9 Å². The molecule has 1 fully saturated rings. The van der Waals surface area contributed by atoms with Crippen molar-refractivity contribution in [2.75, 3.05) is 0 Å². The molecular formula is C15H13N3O2. The monoisotopic (exact) mass is 267 g/mol. The number of hydrogen-bond acceptors (Lipinski definition) is 3. The van der Waals surface area contributed by atoms with Gasteiger partial charge in [-0.25, -0.2) is 4.79 Å². The van der Waals surface area contributed by atoms with Crippen molar-refractivity contribution in [1.82, 2.24) is 10.6 Å². The molecule has 2 N–H and O–H groups in total. The fourth-order valence-electron chi connectivity index (χ4n) is 3.31. The molecule has 20 heavy (non-hydrogen) atoms. The summed E-state index contributed by atoms with van der Waals surface area (Å²) in [5.74, 6) is -0.459. The van der Waals surface area contributed by atoms with Gasteiger partial charge in [0, 0.05) is 5.92 Å². The first kappa shape index (κ1) is 12.4. The molecule has 3 rings (SSSR count). The van der Waals surface area contributed by atoms with Crippen LogP contribution >= 0.6 is 0 Å². The lowest BCUT2D eigenvalue weighted by Gasteiger charge is -2.28. The minimum atomic E-state index is -1.06. The lowest BCUT2D eigenvalue weighted by Crippen LogP contribution is -2.47. The third kappa shape index (κ3) is 1.42. The number of benzene rings is 1. The smallest absolute Gasteiger partial charge is 0.319 e. The highest BCUT2D eigenvalue weighted by Crippen LogP contribution is 2.46. The number of rotatable bonds is 2. The number of nitrogens with one attached hydrogen (secondary N) is 2. The van der Waals surface area contributed by atoms with Crippen LogP contribution in [0, 0.1) is 17.2 Å². The molecule has 1 aliphatic carbocycles. The molecule has 1 aromatic carbocycles. The van der Waals surface area contributed by atoms with Crippen molar-refractivity contribution in [3.63, 3.8) is 0 Å². The zero-order chi connectivity index (χ0) is 14.3. The van der Waals surface area contributed by atoms with Gasteiger partial charge in [-0.3, -0.25) is 10.1 Å². The summed E-state index contributed by atoms with van der Waals surface area (Å²) in [6.45, 7) is 3.72. The molecule has 5 heteroatoms. The Morgan fingerprint density at radius 3 is 2.90 bits per heavy atom. The number of fused-ring (bicyclic) bond motifs is 2. The quantitative estimate of drug-likeness (QED) is 0.626. The Morgan fingerprint density at radius 2 is 2.30 bits per heavy atom. The third-order valence-corrected chi connectivity index (χ3v) is 4.13. The van der Waals surface area contributed by atoms with Crippen LogP contribution in [-0.2, 0) is 16.8 Å². The van der Waals surface area contributed by atoms with Crippen molar-refractivity contribution in [1.29, 1.82) is 5.26 Å². The maximum absolute atomic E-state index is 12.3. The molecule has 1 aliphatic heterocycles. The molecule has 3 amide bonds. The van der Waals surface area contributed by atoms with Gasteiger partial charge in [0.05, 0.1) is 11.6 Å². The van der Waals surface area contributed by atoms with Gasteiger partial charge >= 0.3 is 6.03 Å². The summed E-state index contributed by atoms with van der Waals surface area (Å²) in [7, 11) is 0. The van der Waals surface area contributed by atoms with E-state index in [1.54, 1.807) is 18.2 Å². The van der Waals surface area contributed by atoms with Gasteiger partial charge in [0.25, 0.3) is 5.91 Å². The van der Waals surface area contributed by atoms with E-state index >= 15 is 0 Å². The van der Waals surface area contributed by atoms with E-state index in [4.69, 9.17) is 0 Å². The molecule has 0 aromatic heterocycles. The van der Waals surface area contributed by atoms with Crippen LogP contribution in [0.25, 0.3) is 0 Å². The van der Waals surface area contributed by atoms with E-state index in [-0.39, 0.29) is 11.8 Å². The highest BCUT2D eigenvalue weighted by Gasteiger charge is 2.57. The number of nitriles is 1. The molecule has 5 nitrogen and oxygen atoms in total. The predicted molar refractivity (Wildman–Crippen MR) is 71.5 cm³/mol. The lowest BCUT2D eigenvalue weighted by molar-refractivity contribution is -0.125. The number of allylic oxidation sites excluding steroid dienone is 1. The number of hydrogen-bond donors (Lipinski definition) is 2. The van der Waals surface area contributed by atoms with Gasteiger partial charge in [-0.1, -0.05) is 18.2 Å². The van der Waals surface area contributed by atoms with E-state index in [1.165, 1.54) is 0 Å². The maximum atomic E-state index is 12.3. The van der Waals surface area contributed by atoms with Crippen LogP contribution in [0.4, 0.5) is 4.79 Å². The van der Waals surface area contributed by atoms with Gasteiger partial charge in [-0.05, 0) is 30.0 Å². The van der Waals surface area contributed by atoms with Crippen LogP contribution in [-0.4, -0.2) is 11.9 Å². The Labute approximate surface area is 116 Å². The van der Waals surface area contributed by atoms with Gasteiger partial charge in [0.15, 0.2) is 0 Å². The summed E-state index contributed by atoms with van der Waals surface area (Å²) < 4.78 is 0. The Hall–Kier alpha value is -2.61. The Balaban J connectivity index is 2.22. The topological polar surface area (TPSA) is 82.0 Å². The summed E-state index contributed by atoms with van der Waals surface area (Å²) in [6, 6.07) is 6.95. The van der Waals surface area contributed by atoms with Gasteiger partial charge in [-0.2, -0.15) is 5.26 Å². The van der Waals surface area contributed by atoms with Crippen molar-refractivity contribution < 1.29 is 9.59 Å². The van der Waals surface area contributed by atoms with Gasteiger partial charge in [-0.15, -0.1) is 6.58 Å². The lowest BCUT2D eigenvalue weighted by atomic mass is 9.81. The molecule has 1 spiro atoms. The first-order valence-corrected chi connectivity index (χ1v) is 6.40. The van der Waals surface area contributed by atoms with Crippen molar-refractivity contribution >= 4 is 11.9 Å². The average molecular weight is 267 g/mol. The third-order valence-electron chi connectivity index (χ3n) is 4.13. The van der Waals surface area contributed by atoms with E-state index in [2.05, 4.69) is 23.3 Å². The molecule has 2 aliphatic rings. The second-order valence-corrected chi connectivity index (χ2v) is 5.09. The zero-order valence-corrected chi connectivity index (χ0v) is 10.8. The molecule has 1 heterocycles. The van der Waals surface area contributed by atoms with Crippen molar-refractivity contribution in [3.05, 3.63) is 47.5 Å². The zero-order valence-electron chi connectivity index (χ0n) is 10.8. The van der Waals surface area contributed by atoms with E-state index < -0.39 is 11.6 Å². The maximum Gasteiger partial charge on any atom is 0.322 e. The summed E-state index contributed by atoms with van der Waals surface area (Å²) in [5.41, 5.74) is 1.07.